The van der Waals surface area contributed by atoms with Crippen LogP contribution < -0.4 is 9.80 Å². The van der Waals surface area contributed by atoms with Crippen molar-refractivity contribution < 1.29 is 70.8 Å². The van der Waals surface area contributed by atoms with E-state index < -0.39 is 108 Å². The molecule has 6 atom stereocenters. The maximum absolute atomic E-state index is 15.6. The second-order valence-electron chi connectivity index (χ2n) is 23.2. The van der Waals surface area contributed by atoms with E-state index in [1.54, 1.807) is 32.9 Å². The number of carbonyl (C=O) groups is 7. The first-order valence-electron chi connectivity index (χ1n) is 26.9. The number of alkyl halides is 2. The van der Waals surface area contributed by atoms with Gasteiger partial charge in [-0.15, -0.1) is 0 Å². The van der Waals surface area contributed by atoms with E-state index in [-0.39, 0.29) is 25.2 Å². The third-order valence-corrected chi connectivity index (χ3v) is 13.8. The largest absolute Gasteiger partial charge is 0.451 e. The van der Waals surface area contributed by atoms with E-state index in [4.69, 9.17) is 28.4 Å². The highest BCUT2D eigenvalue weighted by atomic mass is 19.1. The van der Waals surface area contributed by atoms with Gasteiger partial charge in [0.05, 0.1) is 26.4 Å². The fourth-order valence-corrected chi connectivity index (χ4v) is 9.18. The van der Waals surface area contributed by atoms with E-state index in [9.17, 15) is 33.6 Å². The molecule has 434 valence electrons. The molecule has 3 fully saturated rings. The molecule has 3 aliphatic rings. The Bertz CT molecular complexity index is 2360. The maximum atomic E-state index is 15.6. The van der Waals surface area contributed by atoms with Crippen molar-refractivity contribution in [3.05, 3.63) is 59.7 Å². The molecular formula is C57H84F2N6O13. The number of hydrogen-bond donors (Lipinski definition) is 0. The number of ether oxygens (including phenoxy) is 6. The molecular weight excluding hydrogens is 1010 g/mol. The number of carbonyl (C=O) groups excluding carboxylic acids is 7. The SMILES string of the molecule is C[C@@H](OC(=O)[C@H](CC1CC1)N(C)C(=O)[C@@H](Cc1ccc(N2CCOCC2)cc1)OC(=O)[C@H](CC(C)(C)F)N(C)C(=O)OC(C)(C)C)C(=O)N(C)[C@@H](CC(C)(C)F)C(=O)O[C@H](Cc1ccc(N2CCOCC2)cc1)C(=O)N(C)C. The Kier molecular flexibility index (Phi) is 21.9. The van der Waals surface area contributed by atoms with E-state index in [0.29, 0.717) is 50.6 Å². The molecule has 0 radical (unpaired) electrons. The van der Waals surface area contributed by atoms with Gasteiger partial charge in [0, 0.05) is 98.5 Å². The Morgan fingerprint density at radius 1 is 0.564 bits per heavy atom. The zero-order chi connectivity index (χ0) is 57.9. The fourth-order valence-electron chi connectivity index (χ4n) is 9.18. The molecule has 21 heteroatoms. The van der Waals surface area contributed by atoms with Crippen molar-refractivity contribution >= 4 is 53.1 Å². The molecule has 0 unspecified atom stereocenters. The Morgan fingerprint density at radius 3 is 1.33 bits per heavy atom. The van der Waals surface area contributed by atoms with Gasteiger partial charge in [0.25, 0.3) is 17.7 Å². The van der Waals surface area contributed by atoms with Gasteiger partial charge in [-0.05, 0) is 103 Å². The number of rotatable bonds is 24. The predicted molar refractivity (Wildman–Crippen MR) is 288 cm³/mol. The number of likely N-dealkylation sites (N-methyl/N-ethyl adjacent to an activating group) is 4. The minimum atomic E-state index is -2.02. The van der Waals surface area contributed by atoms with Crippen LogP contribution in [0.15, 0.2) is 48.5 Å². The number of hydrogen-bond acceptors (Lipinski definition) is 15. The molecule has 0 spiro atoms. The normalized spacial score (nSPS) is 17.5. The fraction of sp³-hybridized carbons (Fsp3) is 0.667. The molecule has 0 bridgehead atoms. The summed E-state index contributed by atoms with van der Waals surface area (Å²) >= 11 is 0. The quantitative estimate of drug-likeness (QED) is 0.0883. The van der Waals surface area contributed by atoms with Crippen LogP contribution in [-0.2, 0) is 70.0 Å². The summed E-state index contributed by atoms with van der Waals surface area (Å²) in [5, 5.41) is 0. The average Bonchev–Trinajstić information content (AvgIpc) is 4.22. The van der Waals surface area contributed by atoms with Gasteiger partial charge in [0.2, 0.25) is 0 Å². The summed E-state index contributed by atoms with van der Waals surface area (Å²) in [5.41, 5.74) is -1.82. The van der Waals surface area contributed by atoms with Crippen LogP contribution in [0.1, 0.15) is 98.6 Å². The molecule has 4 amide bonds. The van der Waals surface area contributed by atoms with E-state index >= 15 is 8.78 Å². The van der Waals surface area contributed by atoms with Crippen LogP contribution >= 0.6 is 0 Å². The number of morpholine rings is 2. The van der Waals surface area contributed by atoms with Crippen LogP contribution in [0.2, 0.25) is 0 Å². The molecule has 1 saturated carbocycles. The van der Waals surface area contributed by atoms with Crippen LogP contribution in [0.25, 0.3) is 0 Å². The number of benzene rings is 2. The lowest BCUT2D eigenvalue weighted by Crippen LogP contribution is -2.54. The lowest BCUT2D eigenvalue weighted by atomic mass is 9.99. The molecule has 19 nitrogen and oxygen atoms in total. The van der Waals surface area contributed by atoms with Crippen molar-refractivity contribution in [2.45, 2.75) is 154 Å². The summed E-state index contributed by atoms with van der Waals surface area (Å²) in [6.45, 7) is 16.3. The number of nitrogens with zero attached hydrogens (tertiary/aromatic N) is 6. The first kappa shape index (κ1) is 62.7. The lowest BCUT2D eigenvalue weighted by molar-refractivity contribution is -0.173. The molecule has 2 aromatic carbocycles. The maximum Gasteiger partial charge on any atom is 0.410 e. The molecule has 1 aliphatic carbocycles. The number of amides is 4. The highest BCUT2D eigenvalue weighted by Gasteiger charge is 2.44. The van der Waals surface area contributed by atoms with Gasteiger partial charge in [-0.25, -0.2) is 28.0 Å². The predicted octanol–water partition coefficient (Wildman–Crippen LogP) is 5.95. The van der Waals surface area contributed by atoms with Crippen molar-refractivity contribution in [1.29, 1.82) is 0 Å². The molecule has 2 aromatic rings. The third-order valence-electron chi connectivity index (χ3n) is 13.8. The molecule has 78 heavy (non-hydrogen) atoms. The van der Waals surface area contributed by atoms with Gasteiger partial charge in [-0.2, -0.15) is 0 Å². The Balaban J connectivity index is 1.37. The zero-order valence-corrected chi connectivity index (χ0v) is 48.0. The monoisotopic (exact) mass is 1100 g/mol. The van der Waals surface area contributed by atoms with Gasteiger partial charge in [0.15, 0.2) is 18.3 Å². The van der Waals surface area contributed by atoms with E-state index in [1.165, 1.54) is 74.8 Å². The number of esters is 3. The van der Waals surface area contributed by atoms with Gasteiger partial charge < -0.3 is 52.9 Å². The minimum Gasteiger partial charge on any atom is -0.451 e. The Morgan fingerprint density at radius 2 is 0.949 bits per heavy atom. The Hall–Kier alpha value is -6.09. The third kappa shape index (κ3) is 19.1. The summed E-state index contributed by atoms with van der Waals surface area (Å²) < 4.78 is 65.2. The van der Waals surface area contributed by atoms with Crippen molar-refractivity contribution in [3.63, 3.8) is 0 Å². The second-order valence-corrected chi connectivity index (χ2v) is 23.2. The minimum absolute atomic E-state index is 0.00493. The van der Waals surface area contributed by atoms with Crippen LogP contribution in [0.5, 0.6) is 0 Å². The van der Waals surface area contributed by atoms with Gasteiger partial charge in [-0.3, -0.25) is 19.3 Å². The molecule has 2 saturated heterocycles. The standard InChI is InChI=1S/C57H84F2N6O13/c1-37(48(66)62(12)44(35-56(5,6)58)52(70)76-46(49(67)60(9)10)33-39-16-20-41(21-17-39)64-24-28-73-29-25-64)75-51(69)43(32-38-14-15-38)61(11)50(68)47(34-40-18-22-42(23-19-40)65-26-30-74-31-27-65)77-53(71)45(36-57(7,8)59)63(13)54(72)78-55(2,3)4/h16-23,37-38,43-47H,14-15,24-36H2,1-13H3/t37-,43+,44+,45+,46-,47-/m1/s1. The average molecular weight is 1100 g/mol. The summed E-state index contributed by atoms with van der Waals surface area (Å²) in [6, 6.07) is 10.4. The molecule has 0 aromatic heterocycles. The van der Waals surface area contributed by atoms with Gasteiger partial charge in [0.1, 0.15) is 35.1 Å². The number of halogens is 2. The summed E-state index contributed by atoms with van der Waals surface area (Å²) in [4.78, 5) is 107. The number of anilines is 2. The second kappa shape index (κ2) is 27.2. The summed E-state index contributed by atoms with van der Waals surface area (Å²) in [7, 11) is 6.90. The Labute approximate surface area is 459 Å². The molecule has 5 rings (SSSR count). The van der Waals surface area contributed by atoms with Crippen molar-refractivity contribution in [1.82, 2.24) is 19.6 Å². The highest BCUT2D eigenvalue weighted by Crippen LogP contribution is 2.36. The van der Waals surface area contributed by atoms with Crippen molar-refractivity contribution in [3.8, 4) is 0 Å². The zero-order valence-electron chi connectivity index (χ0n) is 48.0. The van der Waals surface area contributed by atoms with Crippen LogP contribution in [0, 0.1) is 5.92 Å². The van der Waals surface area contributed by atoms with Gasteiger partial charge >= 0.3 is 24.0 Å². The topological polar surface area (TPSA) is 194 Å². The van der Waals surface area contributed by atoms with Crippen LogP contribution in [0.4, 0.5) is 25.0 Å². The molecule has 2 aliphatic heterocycles. The van der Waals surface area contributed by atoms with E-state index in [1.807, 2.05) is 36.4 Å². The van der Waals surface area contributed by atoms with Crippen LogP contribution in [0.3, 0.4) is 0 Å². The summed E-state index contributed by atoms with van der Waals surface area (Å²) in [6.07, 6.45) is -5.09. The van der Waals surface area contributed by atoms with Crippen molar-refractivity contribution in [2.75, 3.05) is 97.6 Å². The first-order chi connectivity index (χ1) is 36.4. The van der Waals surface area contributed by atoms with Crippen LogP contribution in [-0.4, -0.2) is 203 Å². The van der Waals surface area contributed by atoms with E-state index in [0.717, 1.165) is 52.0 Å². The highest BCUT2D eigenvalue weighted by molar-refractivity contribution is 5.92. The van der Waals surface area contributed by atoms with Gasteiger partial charge in [-0.1, -0.05) is 37.1 Å². The lowest BCUT2D eigenvalue weighted by Gasteiger charge is -2.34. The summed E-state index contributed by atoms with van der Waals surface area (Å²) in [5.74, 6) is -5.37. The smallest absolute Gasteiger partial charge is 0.410 e. The van der Waals surface area contributed by atoms with Crippen molar-refractivity contribution in [2.24, 2.45) is 5.92 Å². The first-order valence-corrected chi connectivity index (χ1v) is 26.9. The van der Waals surface area contributed by atoms with E-state index in [2.05, 4.69) is 9.80 Å². The molecule has 2 heterocycles. The molecule has 0 N–H and O–H groups in total.